The van der Waals surface area contributed by atoms with Crippen molar-refractivity contribution < 1.29 is 19.1 Å². The van der Waals surface area contributed by atoms with E-state index in [-0.39, 0.29) is 18.2 Å². The van der Waals surface area contributed by atoms with E-state index in [4.69, 9.17) is 4.42 Å². The Morgan fingerprint density at radius 2 is 1.83 bits per heavy atom. The lowest BCUT2D eigenvalue weighted by Gasteiger charge is -2.15. The summed E-state index contributed by atoms with van der Waals surface area (Å²) in [5.41, 5.74) is 1.92. The van der Waals surface area contributed by atoms with Crippen LogP contribution in [0.2, 0.25) is 0 Å². The van der Waals surface area contributed by atoms with Crippen molar-refractivity contribution in [1.82, 2.24) is 0 Å². The minimum Gasteiger partial charge on any atom is -0.481 e. The van der Waals surface area contributed by atoms with Crippen molar-refractivity contribution in [2.24, 2.45) is 0 Å². The predicted octanol–water partition coefficient (Wildman–Crippen LogP) is 3.26. The summed E-state index contributed by atoms with van der Waals surface area (Å²) in [7, 11) is 0. The molecular formula is C18H13NO4. The Bertz CT molecular complexity index is 894. The van der Waals surface area contributed by atoms with E-state index in [1.807, 2.05) is 18.2 Å². The van der Waals surface area contributed by atoms with Crippen LogP contribution in [0.3, 0.4) is 0 Å². The molecule has 0 unspecified atom stereocenters. The molecule has 1 aliphatic rings. The van der Waals surface area contributed by atoms with Crippen molar-refractivity contribution in [2.45, 2.75) is 5.92 Å². The average Bonchev–Trinajstić information content (AvgIpc) is 3.16. The van der Waals surface area contributed by atoms with E-state index in [1.54, 1.807) is 36.4 Å². The van der Waals surface area contributed by atoms with E-state index in [2.05, 4.69) is 0 Å². The monoisotopic (exact) mass is 307 g/mol. The highest BCUT2D eigenvalue weighted by Gasteiger charge is 2.37. The number of carboxylic acids is 1. The van der Waals surface area contributed by atoms with Gasteiger partial charge in [-0.1, -0.05) is 36.4 Å². The number of carbonyl (C=O) groups excluding carboxylic acids is 1. The number of hydrogen-bond donors (Lipinski definition) is 1. The van der Waals surface area contributed by atoms with Crippen LogP contribution >= 0.6 is 0 Å². The van der Waals surface area contributed by atoms with E-state index in [1.165, 1.54) is 4.90 Å². The fourth-order valence-corrected chi connectivity index (χ4v) is 3.03. The number of carboxylic acid groups (broad SMARTS) is 1. The predicted molar refractivity (Wildman–Crippen MR) is 84.7 cm³/mol. The standard InChI is InChI=1S/C18H13NO4/c20-17(16-9-11-5-1-4-8-15(11)23-16)19-10-13(18(21)22)12-6-2-3-7-14(12)19/h1-9,13H,10H2,(H,21,22)/t13-/m1/s1. The molecule has 3 aromatic rings. The molecule has 114 valence electrons. The van der Waals surface area contributed by atoms with Crippen molar-refractivity contribution in [3.05, 3.63) is 65.9 Å². The summed E-state index contributed by atoms with van der Waals surface area (Å²) in [5.74, 6) is -1.75. The Morgan fingerprint density at radius 1 is 1.09 bits per heavy atom. The van der Waals surface area contributed by atoms with Gasteiger partial charge in [-0.3, -0.25) is 9.59 Å². The zero-order valence-corrected chi connectivity index (χ0v) is 12.1. The van der Waals surface area contributed by atoms with Crippen molar-refractivity contribution in [2.75, 3.05) is 11.4 Å². The van der Waals surface area contributed by atoms with Gasteiger partial charge in [-0.25, -0.2) is 0 Å². The van der Waals surface area contributed by atoms with Crippen LogP contribution in [0, 0.1) is 0 Å². The molecule has 0 saturated carbocycles. The lowest BCUT2D eigenvalue weighted by Crippen LogP contribution is -2.30. The summed E-state index contributed by atoms with van der Waals surface area (Å²) >= 11 is 0. The summed E-state index contributed by atoms with van der Waals surface area (Å²) in [6, 6.07) is 16.2. The lowest BCUT2D eigenvalue weighted by molar-refractivity contribution is -0.138. The van der Waals surface area contributed by atoms with E-state index >= 15 is 0 Å². The second-order valence-electron chi connectivity index (χ2n) is 5.51. The minimum absolute atomic E-state index is 0.116. The molecule has 1 amide bonds. The third-order valence-electron chi connectivity index (χ3n) is 4.15. The quantitative estimate of drug-likeness (QED) is 0.789. The van der Waals surface area contributed by atoms with Crippen LogP contribution in [0.5, 0.6) is 0 Å². The SMILES string of the molecule is O=C(O)[C@@H]1CN(C(=O)c2cc3ccccc3o2)c2ccccc21. The maximum Gasteiger partial charge on any atom is 0.312 e. The highest BCUT2D eigenvalue weighted by Crippen LogP contribution is 2.37. The van der Waals surface area contributed by atoms with Gasteiger partial charge in [0.15, 0.2) is 5.76 Å². The number of rotatable bonds is 2. The van der Waals surface area contributed by atoms with Gasteiger partial charge in [-0.15, -0.1) is 0 Å². The molecule has 0 radical (unpaired) electrons. The summed E-state index contributed by atoms with van der Waals surface area (Å²) in [4.78, 5) is 25.7. The van der Waals surface area contributed by atoms with E-state index in [0.717, 1.165) is 5.39 Å². The summed E-state index contributed by atoms with van der Waals surface area (Å²) < 4.78 is 5.61. The fraction of sp³-hybridized carbons (Fsp3) is 0.111. The Balaban J connectivity index is 1.75. The molecule has 5 nitrogen and oxygen atoms in total. The highest BCUT2D eigenvalue weighted by molar-refractivity contribution is 6.08. The van der Waals surface area contributed by atoms with Crippen LogP contribution in [0.15, 0.2) is 59.0 Å². The van der Waals surface area contributed by atoms with Gasteiger partial charge in [0.2, 0.25) is 0 Å². The van der Waals surface area contributed by atoms with E-state index < -0.39 is 11.9 Å². The second kappa shape index (κ2) is 4.98. The molecule has 2 aromatic carbocycles. The number of aliphatic carboxylic acids is 1. The smallest absolute Gasteiger partial charge is 0.312 e. The maximum absolute atomic E-state index is 12.8. The molecule has 2 heterocycles. The van der Waals surface area contributed by atoms with Gasteiger partial charge >= 0.3 is 5.97 Å². The van der Waals surface area contributed by atoms with Crippen LogP contribution in [-0.4, -0.2) is 23.5 Å². The van der Waals surface area contributed by atoms with Crippen molar-refractivity contribution in [3.8, 4) is 0 Å². The van der Waals surface area contributed by atoms with Gasteiger partial charge < -0.3 is 14.4 Å². The first-order valence-electron chi connectivity index (χ1n) is 7.27. The number of nitrogens with zero attached hydrogens (tertiary/aromatic N) is 1. The zero-order chi connectivity index (χ0) is 16.0. The van der Waals surface area contributed by atoms with Crippen molar-refractivity contribution >= 4 is 28.5 Å². The molecular weight excluding hydrogens is 294 g/mol. The molecule has 1 aliphatic heterocycles. The Labute approximate surface area is 131 Å². The molecule has 0 fully saturated rings. The summed E-state index contributed by atoms with van der Waals surface area (Å²) in [5, 5.41) is 10.2. The number of para-hydroxylation sites is 2. The third-order valence-corrected chi connectivity index (χ3v) is 4.15. The summed E-state index contributed by atoms with van der Waals surface area (Å²) in [6.07, 6.45) is 0. The van der Waals surface area contributed by atoms with Crippen LogP contribution in [0.1, 0.15) is 22.0 Å². The largest absolute Gasteiger partial charge is 0.481 e. The van der Waals surface area contributed by atoms with Crippen LogP contribution < -0.4 is 4.90 Å². The normalized spacial score (nSPS) is 16.5. The van der Waals surface area contributed by atoms with Gasteiger partial charge in [0.1, 0.15) is 11.5 Å². The van der Waals surface area contributed by atoms with Crippen molar-refractivity contribution in [3.63, 3.8) is 0 Å². The highest BCUT2D eigenvalue weighted by atomic mass is 16.4. The average molecular weight is 307 g/mol. The lowest BCUT2D eigenvalue weighted by atomic mass is 10.0. The first kappa shape index (κ1) is 13.6. The van der Waals surface area contributed by atoms with Gasteiger partial charge in [0.05, 0.1) is 0 Å². The van der Waals surface area contributed by atoms with Gasteiger partial charge in [0.25, 0.3) is 5.91 Å². The second-order valence-corrected chi connectivity index (χ2v) is 5.51. The van der Waals surface area contributed by atoms with Gasteiger partial charge in [0, 0.05) is 17.6 Å². The number of hydrogen-bond acceptors (Lipinski definition) is 3. The molecule has 0 spiro atoms. The van der Waals surface area contributed by atoms with E-state index in [9.17, 15) is 14.7 Å². The molecule has 1 aromatic heterocycles. The third kappa shape index (κ3) is 2.09. The molecule has 1 atom stereocenters. The number of amides is 1. The first-order chi connectivity index (χ1) is 11.1. The number of benzene rings is 2. The molecule has 0 aliphatic carbocycles. The topological polar surface area (TPSA) is 70.8 Å². The first-order valence-corrected chi connectivity index (χ1v) is 7.27. The van der Waals surface area contributed by atoms with Crippen LogP contribution in [-0.2, 0) is 4.79 Å². The Kier molecular flexibility index (Phi) is 2.94. The Morgan fingerprint density at radius 3 is 2.61 bits per heavy atom. The zero-order valence-electron chi connectivity index (χ0n) is 12.1. The molecule has 0 saturated heterocycles. The molecule has 23 heavy (non-hydrogen) atoms. The molecule has 1 N–H and O–H groups in total. The molecule has 0 bridgehead atoms. The van der Waals surface area contributed by atoms with Crippen LogP contribution in [0.25, 0.3) is 11.0 Å². The summed E-state index contributed by atoms with van der Waals surface area (Å²) in [6.45, 7) is 0.116. The number of carbonyl (C=O) groups is 2. The minimum atomic E-state index is -0.933. The van der Waals surface area contributed by atoms with E-state index in [0.29, 0.717) is 16.8 Å². The number of anilines is 1. The molecule has 4 rings (SSSR count). The number of furan rings is 1. The fourth-order valence-electron chi connectivity index (χ4n) is 3.03. The maximum atomic E-state index is 12.8. The van der Waals surface area contributed by atoms with Gasteiger partial charge in [-0.05, 0) is 23.8 Å². The molecule has 5 heteroatoms. The Hall–Kier alpha value is -3.08. The van der Waals surface area contributed by atoms with Crippen LogP contribution in [0.4, 0.5) is 5.69 Å². The number of fused-ring (bicyclic) bond motifs is 2. The van der Waals surface area contributed by atoms with Gasteiger partial charge in [-0.2, -0.15) is 0 Å². The van der Waals surface area contributed by atoms with Crippen molar-refractivity contribution in [1.29, 1.82) is 0 Å².